The van der Waals surface area contributed by atoms with Crippen LogP contribution < -0.4 is 5.73 Å². The zero-order chi connectivity index (χ0) is 10.1. The van der Waals surface area contributed by atoms with Gasteiger partial charge in [0.2, 0.25) is 0 Å². The third-order valence-electron chi connectivity index (χ3n) is 2.62. The van der Waals surface area contributed by atoms with Crippen LogP contribution in [0.2, 0.25) is 0 Å². The van der Waals surface area contributed by atoms with Crippen molar-refractivity contribution in [2.45, 2.75) is 19.3 Å². The van der Waals surface area contributed by atoms with Gasteiger partial charge in [0.1, 0.15) is 5.78 Å². The molecule has 14 heavy (non-hydrogen) atoms. The zero-order valence-corrected chi connectivity index (χ0v) is 7.71. The average molecular weight is 186 g/mol. The van der Waals surface area contributed by atoms with Gasteiger partial charge in [-0.3, -0.25) is 4.79 Å². The molecule has 0 fully saturated rings. The lowest BCUT2D eigenvalue weighted by Crippen LogP contribution is -2.16. The molecule has 3 heteroatoms. The number of ketones is 1. The van der Waals surface area contributed by atoms with Gasteiger partial charge in [0.25, 0.3) is 0 Å². The molecule has 1 aliphatic carbocycles. The molecule has 1 aromatic carbocycles. The van der Waals surface area contributed by atoms with Crippen molar-refractivity contribution in [3.63, 3.8) is 0 Å². The largest absolute Gasteiger partial charge is 0.398 e. The Kier molecular flexibility index (Phi) is 1.97. The number of carbonyl (C=O) groups excluding carboxylic acids is 1. The minimum absolute atomic E-state index is 0.194. The second-order valence-corrected chi connectivity index (χ2v) is 3.49. The Balaban J connectivity index is 2.62. The van der Waals surface area contributed by atoms with Crippen molar-refractivity contribution in [1.29, 1.82) is 5.26 Å². The van der Waals surface area contributed by atoms with Gasteiger partial charge < -0.3 is 5.73 Å². The molecule has 0 unspecified atom stereocenters. The van der Waals surface area contributed by atoms with Crippen molar-refractivity contribution in [2.24, 2.45) is 0 Å². The summed E-state index contributed by atoms with van der Waals surface area (Å²) in [7, 11) is 0. The number of anilines is 1. The van der Waals surface area contributed by atoms with E-state index in [1.165, 1.54) is 0 Å². The summed E-state index contributed by atoms with van der Waals surface area (Å²) in [6.07, 6.45) is 1.59. The van der Waals surface area contributed by atoms with Gasteiger partial charge in [-0.05, 0) is 29.7 Å². The van der Waals surface area contributed by atoms with Crippen molar-refractivity contribution >= 4 is 11.5 Å². The van der Waals surface area contributed by atoms with Crippen LogP contribution in [-0.4, -0.2) is 5.78 Å². The zero-order valence-electron chi connectivity index (χ0n) is 7.71. The molecule has 2 rings (SSSR count). The Labute approximate surface area is 82.1 Å². The number of Topliss-reactive ketones (excluding diaryl/α,β-unsaturated/α-hetero) is 1. The predicted octanol–water partition coefficient (Wildman–Crippen LogP) is 1.20. The van der Waals surface area contributed by atoms with E-state index in [4.69, 9.17) is 11.0 Å². The summed E-state index contributed by atoms with van der Waals surface area (Å²) in [5.41, 5.74) is 8.90. The van der Waals surface area contributed by atoms with Gasteiger partial charge in [0.05, 0.1) is 11.6 Å². The lowest BCUT2D eigenvalue weighted by Gasteiger charge is -2.17. The first-order valence-electron chi connectivity index (χ1n) is 4.54. The van der Waals surface area contributed by atoms with Gasteiger partial charge in [-0.2, -0.15) is 5.26 Å². The lowest BCUT2D eigenvalue weighted by atomic mass is 9.87. The number of fused-ring (bicyclic) bond motifs is 1. The highest BCUT2D eigenvalue weighted by molar-refractivity contribution is 5.85. The number of nitriles is 1. The van der Waals surface area contributed by atoms with E-state index in [1.54, 1.807) is 12.1 Å². The standard InChI is InChI=1S/C11H10N2O/c12-6-7-1-4-11(13)9-3-2-8(14)5-10(7)9/h1,4H,2-3,5,13H2. The second-order valence-electron chi connectivity index (χ2n) is 3.49. The molecule has 0 aliphatic heterocycles. The van der Waals surface area contributed by atoms with Gasteiger partial charge in [-0.25, -0.2) is 0 Å². The first kappa shape index (κ1) is 8.76. The molecule has 0 bridgehead atoms. The fourth-order valence-electron chi connectivity index (χ4n) is 1.86. The Morgan fingerprint density at radius 2 is 2.07 bits per heavy atom. The molecule has 70 valence electrons. The molecule has 0 saturated heterocycles. The fourth-order valence-corrected chi connectivity index (χ4v) is 1.86. The van der Waals surface area contributed by atoms with Crippen LogP contribution in [0.25, 0.3) is 0 Å². The van der Waals surface area contributed by atoms with E-state index in [1.807, 2.05) is 0 Å². The van der Waals surface area contributed by atoms with Crippen molar-refractivity contribution in [1.82, 2.24) is 0 Å². The molecule has 1 aromatic rings. The summed E-state index contributed by atoms with van der Waals surface area (Å²) in [6.45, 7) is 0. The minimum atomic E-state index is 0.194. The maximum atomic E-state index is 11.3. The monoisotopic (exact) mass is 186 g/mol. The summed E-state index contributed by atoms with van der Waals surface area (Å²) in [6, 6.07) is 5.53. The molecule has 3 nitrogen and oxygen atoms in total. The van der Waals surface area contributed by atoms with Crippen molar-refractivity contribution in [2.75, 3.05) is 5.73 Å². The molecule has 1 aliphatic rings. The molecule has 0 radical (unpaired) electrons. The SMILES string of the molecule is N#Cc1ccc(N)c2c1CC(=O)CC2. The fraction of sp³-hybridized carbons (Fsp3) is 0.273. The molecule has 0 saturated carbocycles. The number of hydrogen-bond acceptors (Lipinski definition) is 3. The van der Waals surface area contributed by atoms with E-state index in [0.29, 0.717) is 30.5 Å². The van der Waals surface area contributed by atoms with Crippen LogP contribution in [0.4, 0.5) is 5.69 Å². The number of carbonyl (C=O) groups is 1. The summed E-state index contributed by atoms with van der Waals surface area (Å²) < 4.78 is 0. The normalized spacial score (nSPS) is 14.6. The van der Waals surface area contributed by atoms with E-state index in [2.05, 4.69) is 6.07 Å². The maximum Gasteiger partial charge on any atom is 0.137 e. The third kappa shape index (κ3) is 1.25. The molecule has 0 amide bonds. The third-order valence-corrected chi connectivity index (χ3v) is 2.62. The lowest BCUT2D eigenvalue weighted by molar-refractivity contribution is -0.118. The van der Waals surface area contributed by atoms with Gasteiger partial charge in [0, 0.05) is 18.5 Å². The highest BCUT2D eigenvalue weighted by atomic mass is 16.1. The molecule has 0 atom stereocenters. The van der Waals surface area contributed by atoms with Gasteiger partial charge >= 0.3 is 0 Å². The average Bonchev–Trinajstić information content (AvgIpc) is 2.18. The first-order chi connectivity index (χ1) is 6.72. The summed E-state index contributed by atoms with van der Waals surface area (Å²) in [4.78, 5) is 11.3. The van der Waals surface area contributed by atoms with Crippen LogP contribution in [0.1, 0.15) is 23.1 Å². The van der Waals surface area contributed by atoms with Crippen molar-refractivity contribution in [3.8, 4) is 6.07 Å². The Morgan fingerprint density at radius 1 is 1.29 bits per heavy atom. The highest BCUT2D eigenvalue weighted by Gasteiger charge is 2.20. The van der Waals surface area contributed by atoms with Crippen LogP contribution >= 0.6 is 0 Å². The van der Waals surface area contributed by atoms with Crippen molar-refractivity contribution < 1.29 is 4.79 Å². The van der Waals surface area contributed by atoms with Gasteiger partial charge in [-0.15, -0.1) is 0 Å². The predicted molar refractivity (Wildman–Crippen MR) is 52.6 cm³/mol. The maximum absolute atomic E-state index is 11.3. The summed E-state index contributed by atoms with van der Waals surface area (Å²) in [5, 5.41) is 8.87. The molecule has 0 aromatic heterocycles. The van der Waals surface area contributed by atoms with E-state index in [0.717, 1.165) is 11.1 Å². The van der Waals surface area contributed by atoms with Gasteiger partial charge in [-0.1, -0.05) is 0 Å². The smallest absolute Gasteiger partial charge is 0.137 e. The van der Waals surface area contributed by atoms with E-state index in [-0.39, 0.29) is 5.78 Å². The molecule has 0 spiro atoms. The summed E-state index contributed by atoms with van der Waals surface area (Å²) in [5.74, 6) is 0.194. The van der Waals surface area contributed by atoms with E-state index in [9.17, 15) is 4.79 Å². The van der Waals surface area contributed by atoms with E-state index >= 15 is 0 Å². The Bertz CT molecular complexity index is 443. The molecular formula is C11H10N2O. The number of rotatable bonds is 0. The van der Waals surface area contributed by atoms with Crippen LogP contribution in [0.5, 0.6) is 0 Å². The van der Waals surface area contributed by atoms with Crippen LogP contribution in [0.15, 0.2) is 12.1 Å². The number of nitrogens with zero attached hydrogens (tertiary/aromatic N) is 1. The Morgan fingerprint density at radius 3 is 2.79 bits per heavy atom. The van der Waals surface area contributed by atoms with Crippen LogP contribution in [0, 0.1) is 11.3 Å². The van der Waals surface area contributed by atoms with Crippen LogP contribution in [0.3, 0.4) is 0 Å². The minimum Gasteiger partial charge on any atom is -0.398 e. The molecule has 0 heterocycles. The Hall–Kier alpha value is -1.82. The molecular weight excluding hydrogens is 176 g/mol. The number of benzene rings is 1. The second kappa shape index (κ2) is 3.15. The summed E-state index contributed by atoms with van der Waals surface area (Å²) >= 11 is 0. The van der Waals surface area contributed by atoms with Crippen LogP contribution in [-0.2, 0) is 17.6 Å². The highest BCUT2D eigenvalue weighted by Crippen LogP contribution is 2.27. The quantitative estimate of drug-likeness (QED) is 0.619. The topological polar surface area (TPSA) is 66.9 Å². The van der Waals surface area contributed by atoms with Crippen molar-refractivity contribution in [3.05, 3.63) is 28.8 Å². The van der Waals surface area contributed by atoms with Gasteiger partial charge in [0.15, 0.2) is 0 Å². The number of nitrogens with two attached hydrogens (primary N) is 1. The first-order valence-corrected chi connectivity index (χ1v) is 4.54. The van der Waals surface area contributed by atoms with E-state index < -0.39 is 0 Å². The number of nitrogen functional groups attached to an aromatic ring is 1. The molecule has 2 N–H and O–H groups in total. The number of hydrogen-bond donors (Lipinski definition) is 1.